The summed E-state index contributed by atoms with van der Waals surface area (Å²) in [5.74, 6) is -0.928. The minimum atomic E-state index is -0.789. The van der Waals surface area contributed by atoms with E-state index in [1.807, 2.05) is 44.2 Å². The van der Waals surface area contributed by atoms with Crippen molar-refractivity contribution in [2.24, 2.45) is 0 Å². The Morgan fingerprint density at radius 3 is 2.42 bits per heavy atom. The molecule has 5 nitrogen and oxygen atoms in total. The maximum atomic E-state index is 13.6. The van der Waals surface area contributed by atoms with Crippen molar-refractivity contribution in [3.8, 4) is 17.0 Å². The molecule has 0 fully saturated rings. The van der Waals surface area contributed by atoms with E-state index in [9.17, 15) is 19.1 Å². The average Bonchev–Trinajstić information content (AvgIpc) is 2.73. The second-order valence-electron chi connectivity index (χ2n) is 7.44. The SMILES string of the molecule is Cc1c(-c2ccccc2)n(C(C)C)c(=O)c2c(O)c(Sc3cccc(F)c3)c(=O)oc12. The minimum Gasteiger partial charge on any atom is -0.505 e. The van der Waals surface area contributed by atoms with Gasteiger partial charge in [-0.25, -0.2) is 9.18 Å². The Kier molecular flexibility index (Phi) is 5.45. The molecule has 0 unspecified atom stereocenters. The van der Waals surface area contributed by atoms with Crippen molar-refractivity contribution in [3.05, 3.63) is 86.8 Å². The molecule has 7 heteroatoms. The van der Waals surface area contributed by atoms with Gasteiger partial charge in [-0.1, -0.05) is 48.2 Å². The number of aromatic hydroxyl groups is 1. The van der Waals surface area contributed by atoms with Crippen LogP contribution in [0.25, 0.3) is 22.2 Å². The fourth-order valence-electron chi connectivity index (χ4n) is 3.66. The first-order chi connectivity index (χ1) is 14.8. The molecule has 0 amide bonds. The van der Waals surface area contributed by atoms with Crippen molar-refractivity contribution < 1.29 is 13.9 Å². The number of benzene rings is 2. The van der Waals surface area contributed by atoms with Crippen molar-refractivity contribution in [1.82, 2.24) is 4.57 Å². The van der Waals surface area contributed by atoms with Gasteiger partial charge in [0.2, 0.25) is 0 Å². The maximum Gasteiger partial charge on any atom is 0.354 e. The summed E-state index contributed by atoms with van der Waals surface area (Å²) in [6.45, 7) is 5.50. The summed E-state index contributed by atoms with van der Waals surface area (Å²) in [7, 11) is 0. The van der Waals surface area contributed by atoms with Gasteiger partial charge in [0, 0.05) is 16.5 Å². The molecule has 0 saturated heterocycles. The molecule has 0 bridgehead atoms. The van der Waals surface area contributed by atoms with E-state index in [1.54, 1.807) is 17.6 Å². The number of fused-ring (bicyclic) bond motifs is 1. The Labute approximate surface area is 181 Å². The van der Waals surface area contributed by atoms with Crippen molar-refractivity contribution in [1.29, 1.82) is 0 Å². The molecule has 0 aliphatic rings. The van der Waals surface area contributed by atoms with Crippen LogP contribution in [0.1, 0.15) is 25.5 Å². The third kappa shape index (κ3) is 3.65. The number of aryl methyl sites for hydroxylation is 1. The zero-order valence-electron chi connectivity index (χ0n) is 17.2. The molecule has 2 aromatic carbocycles. The lowest BCUT2D eigenvalue weighted by Gasteiger charge is -2.21. The first-order valence-corrected chi connectivity index (χ1v) is 10.5. The fraction of sp³-hybridized carbons (Fsp3) is 0.167. The van der Waals surface area contributed by atoms with Crippen molar-refractivity contribution in [2.45, 2.75) is 36.6 Å². The van der Waals surface area contributed by atoms with Gasteiger partial charge in [0.15, 0.2) is 11.3 Å². The lowest BCUT2D eigenvalue weighted by atomic mass is 10.0. The summed E-state index contributed by atoms with van der Waals surface area (Å²) >= 11 is 0.855. The number of pyridine rings is 1. The number of nitrogens with zero attached hydrogens (tertiary/aromatic N) is 1. The van der Waals surface area contributed by atoms with Crippen LogP contribution in [-0.2, 0) is 0 Å². The number of hydrogen-bond donors (Lipinski definition) is 1. The highest BCUT2D eigenvalue weighted by molar-refractivity contribution is 7.99. The number of hydrogen-bond acceptors (Lipinski definition) is 5. The smallest absolute Gasteiger partial charge is 0.354 e. The Hall–Kier alpha value is -3.32. The molecular weight excluding hydrogens is 417 g/mol. The molecule has 158 valence electrons. The molecule has 0 aliphatic carbocycles. The first-order valence-electron chi connectivity index (χ1n) is 9.73. The van der Waals surface area contributed by atoms with Gasteiger partial charge in [0.1, 0.15) is 16.1 Å². The van der Waals surface area contributed by atoms with Crippen molar-refractivity contribution in [2.75, 3.05) is 0 Å². The van der Waals surface area contributed by atoms with E-state index in [0.717, 1.165) is 17.3 Å². The quantitative estimate of drug-likeness (QED) is 0.456. The molecule has 2 aromatic heterocycles. The van der Waals surface area contributed by atoms with Gasteiger partial charge < -0.3 is 14.1 Å². The van der Waals surface area contributed by atoms with Gasteiger partial charge in [-0.05, 0) is 44.5 Å². The zero-order valence-corrected chi connectivity index (χ0v) is 18.0. The molecular formula is C24H20FNO4S. The highest BCUT2D eigenvalue weighted by atomic mass is 32.2. The number of halogens is 1. The van der Waals surface area contributed by atoms with Crippen molar-refractivity contribution in [3.63, 3.8) is 0 Å². The summed E-state index contributed by atoms with van der Waals surface area (Å²) in [5, 5.41) is 10.9. The van der Waals surface area contributed by atoms with Crippen LogP contribution in [0.2, 0.25) is 0 Å². The summed E-state index contributed by atoms with van der Waals surface area (Å²) in [4.78, 5) is 26.5. The molecule has 31 heavy (non-hydrogen) atoms. The van der Waals surface area contributed by atoms with E-state index >= 15 is 0 Å². The molecule has 0 saturated carbocycles. The minimum absolute atomic E-state index is 0.0480. The highest BCUT2D eigenvalue weighted by Crippen LogP contribution is 2.38. The molecule has 0 aliphatic heterocycles. The normalized spacial score (nSPS) is 11.4. The predicted molar refractivity (Wildman–Crippen MR) is 119 cm³/mol. The third-order valence-corrected chi connectivity index (χ3v) is 6.06. The van der Waals surface area contributed by atoms with Crippen LogP contribution in [0, 0.1) is 12.7 Å². The summed E-state index contributed by atoms with van der Waals surface area (Å²) in [5.41, 5.74) is 0.796. The van der Waals surface area contributed by atoms with E-state index < -0.39 is 22.8 Å². The van der Waals surface area contributed by atoms with E-state index in [1.165, 1.54) is 18.2 Å². The second-order valence-corrected chi connectivity index (χ2v) is 8.52. The van der Waals surface area contributed by atoms with Crippen LogP contribution in [-0.4, -0.2) is 9.67 Å². The summed E-state index contributed by atoms with van der Waals surface area (Å²) in [6, 6.07) is 14.8. The topological polar surface area (TPSA) is 72.4 Å². The van der Waals surface area contributed by atoms with Gasteiger partial charge in [0.05, 0.1) is 5.69 Å². The van der Waals surface area contributed by atoms with Gasteiger partial charge in [-0.15, -0.1) is 0 Å². The standard InChI is InChI=1S/C24H20FNO4S/c1-13(2)26-19(15-8-5-4-6-9-15)14(3)21-18(23(26)28)20(27)22(24(29)30-21)31-17-11-7-10-16(25)12-17/h4-13,27H,1-3H3. The lowest BCUT2D eigenvalue weighted by molar-refractivity contribution is 0.444. The number of aromatic nitrogens is 1. The molecule has 2 heterocycles. The monoisotopic (exact) mass is 437 g/mol. The summed E-state index contributed by atoms with van der Waals surface area (Å²) < 4.78 is 20.7. The highest BCUT2D eigenvalue weighted by Gasteiger charge is 2.25. The summed E-state index contributed by atoms with van der Waals surface area (Å²) in [6.07, 6.45) is 0. The molecule has 0 spiro atoms. The molecule has 1 N–H and O–H groups in total. The van der Waals surface area contributed by atoms with Gasteiger partial charge >= 0.3 is 5.63 Å². The van der Waals surface area contributed by atoms with E-state index in [-0.39, 0.29) is 21.9 Å². The number of rotatable bonds is 4. The lowest BCUT2D eigenvalue weighted by Crippen LogP contribution is -2.26. The van der Waals surface area contributed by atoms with Gasteiger partial charge in [-0.3, -0.25) is 4.79 Å². The zero-order chi connectivity index (χ0) is 22.3. The molecule has 4 rings (SSSR count). The van der Waals surface area contributed by atoms with E-state index in [2.05, 4.69) is 0 Å². The van der Waals surface area contributed by atoms with Crippen LogP contribution >= 0.6 is 11.8 Å². The van der Waals surface area contributed by atoms with Crippen LogP contribution in [0.4, 0.5) is 4.39 Å². The molecule has 0 radical (unpaired) electrons. The maximum absolute atomic E-state index is 13.6. The fourth-order valence-corrected chi connectivity index (χ4v) is 4.54. The van der Waals surface area contributed by atoms with E-state index in [0.29, 0.717) is 16.2 Å². The second kappa shape index (κ2) is 8.07. The average molecular weight is 437 g/mol. The Balaban J connectivity index is 2.05. The first kappa shape index (κ1) is 20.9. The molecule has 4 aromatic rings. The van der Waals surface area contributed by atoms with Crippen LogP contribution in [0.15, 0.2) is 78.4 Å². The Morgan fingerprint density at radius 2 is 1.77 bits per heavy atom. The largest absolute Gasteiger partial charge is 0.505 e. The van der Waals surface area contributed by atoms with Gasteiger partial charge in [0.25, 0.3) is 5.56 Å². The molecule has 0 atom stereocenters. The Morgan fingerprint density at radius 1 is 1.06 bits per heavy atom. The van der Waals surface area contributed by atoms with Crippen LogP contribution in [0.5, 0.6) is 5.75 Å². The van der Waals surface area contributed by atoms with Gasteiger partial charge in [-0.2, -0.15) is 0 Å². The van der Waals surface area contributed by atoms with Crippen LogP contribution in [0.3, 0.4) is 0 Å². The van der Waals surface area contributed by atoms with E-state index in [4.69, 9.17) is 4.42 Å². The predicted octanol–water partition coefficient (Wildman–Crippen LogP) is 5.51. The third-order valence-electron chi connectivity index (χ3n) is 5.01. The van der Waals surface area contributed by atoms with Crippen molar-refractivity contribution >= 4 is 22.7 Å². The van der Waals surface area contributed by atoms with Crippen LogP contribution < -0.4 is 11.2 Å². The Bertz CT molecular complexity index is 1410.